The van der Waals surface area contributed by atoms with Crippen LogP contribution in [-0.2, 0) is 16.1 Å². The third-order valence-corrected chi connectivity index (χ3v) is 5.30. The Morgan fingerprint density at radius 1 is 1.19 bits per heavy atom. The van der Waals surface area contributed by atoms with E-state index in [-0.39, 0.29) is 24.6 Å². The summed E-state index contributed by atoms with van der Waals surface area (Å²) < 4.78 is 12.3. The number of fused-ring (bicyclic) bond motifs is 1. The molecule has 0 atom stereocenters. The third-order valence-electron chi connectivity index (χ3n) is 5.30. The molecule has 0 unspecified atom stereocenters. The van der Waals surface area contributed by atoms with E-state index < -0.39 is 5.97 Å². The predicted octanol–water partition coefficient (Wildman–Crippen LogP) is 3.37. The fourth-order valence-electron chi connectivity index (χ4n) is 3.46. The smallest absolute Gasteiger partial charge is 0.340 e. The van der Waals surface area contributed by atoms with Gasteiger partial charge in [0.05, 0.1) is 18.9 Å². The van der Waals surface area contributed by atoms with Gasteiger partial charge in [-0.3, -0.25) is 4.79 Å². The molecule has 2 aromatic heterocycles. The SMILES string of the molecule is COc1ccc(CN(C(=O)COC(=O)c2cnc3c(cnn3C(C)C)c2)C2CC2)cc1. The van der Waals surface area contributed by atoms with Crippen molar-refractivity contribution < 1.29 is 19.1 Å². The second-order valence-corrected chi connectivity index (χ2v) is 8.00. The number of carbonyl (C=O) groups is 2. The van der Waals surface area contributed by atoms with Crippen molar-refractivity contribution in [1.29, 1.82) is 0 Å². The number of amides is 1. The van der Waals surface area contributed by atoms with Crippen LogP contribution in [0, 0.1) is 0 Å². The number of methoxy groups -OCH3 is 1. The average Bonchev–Trinajstić information content (AvgIpc) is 3.53. The molecule has 0 aliphatic heterocycles. The molecule has 0 N–H and O–H groups in total. The summed E-state index contributed by atoms with van der Waals surface area (Å²) in [5.41, 5.74) is 2.02. The minimum absolute atomic E-state index is 0.166. The molecule has 1 fully saturated rings. The molecule has 1 aromatic carbocycles. The van der Waals surface area contributed by atoms with Crippen molar-refractivity contribution in [3.8, 4) is 5.75 Å². The number of hydrogen-bond donors (Lipinski definition) is 0. The molecule has 0 bridgehead atoms. The van der Waals surface area contributed by atoms with E-state index in [4.69, 9.17) is 9.47 Å². The predicted molar refractivity (Wildman–Crippen MR) is 115 cm³/mol. The zero-order valence-electron chi connectivity index (χ0n) is 17.9. The third kappa shape index (κ3) is 4.68. The quantitative estimate of drug-likeness (QED) is 0.518. The highest BCUT2D eigenvalue weighted by Gasteiger charge is 2.33. The molecule has 3 aromatic rings. The lowest BCUT2D eigenvalue weighted by Crippen LogP contribution is -2.36. The molecule has 1 amide bonds. The Kier molecular flexibility index (Phi) is 5.88. The summed E-state index contributed by atoms with van der Waals surface area (Å²) in [6, 6.07) is 9.67. The van der Waals surface area contributed by atoms with Crippen LogP contribution >= 0.6 is 0 Å². The summed E-state index contributed by atoms with van der Waals surface area (Å²) in [6.07, 6.45) is 5.08. The molecule has 8 heteroatoms. The van der Waals surface area contributed by atoms with Crippen LogP contribution < -0.4 is 4.74 Å². The van der Waals surface area contributed by atoms with Crippen LogP contribution in [0.1, 0.15) is 48.7 Å². The van der Waals surface area contributed by atoms with E-state index in [1.54, 1.807) is 29.0 Å². The van der Waals surface area contributed by atoms with E-state index in [9.17, 15) is 9.59 Å². The van der Waals surface area contributed by atoms with Gasteiger partial charge in [0.25, 0.3) is 5.91 Å². The molecule has 0 saturated heterocycles. The molecular formula is C23H26N4O4. The van der Waals surface area contributed by atoms with Gasteiger partial charge in [-0.25, -0.2) is 14.5 Å². The first-order valence-electron chi connectivity index (χ1n) is 10.4. The molecular weight excluding hydrogens is 396 g/mol. The van der Waals surface area contributed by atoms with E-state index in [0.717, 1.165) is 29.5 Å². The number of esters is 1. The first-order chi connectivity index (χ1) is 15.0. The average molecular weight is 422 g/mol. The Bertz CT molecular complexity index is 1090. The zero-order chi connectivity index (χ0) is 22.0. The molecule has 1 aliphatic carbocycles. The molecule has 1 saturated carbocycles. The van der Waals surface area contributed by atoms with Crippen LogP contribution in [0.2, 0.25) is 0 Å². The van der Waals surface area contributed by atoms with E-state index >= 15 is 0 Å². The number of nitrogens with zero attached hydrogens (tertiary/aromatic N) is 4. The Hall–Kier alpha value is -3.42. The molecule has 2 heterocycles. The summed E-state index contributed by atoms with van der Waals surface area (Å²) in [5, 5.41) is 5.06. The molecule has 8 nitrogen and oxygen atoms in total. The van der Waals surface area contributed by atoms with Crippen molar-refractivity contribution in [2.75, 3.05) is 13.7 Å². The maximum Gasteiger partial charge on any atom is 0.340 e. The second kappa shape index (κ2) is 8.75. The maximum atomic E-state index is 12.8. The van der Waals surface area contributed by atoms with Gasteiger partial charge in [0.15, 0.2) is 12.3 Å². The largest absolute Gasteiger partial charge is 0.497 e. The number of rotatable bonds is 8. The Labute approximate surface area is 180 Å². The van der Waals surface area contributed by atoms with Gasteiger partial charge in [-0.05, 0) is 50.5 Å². The molecule has 162 valence electrons. The highest BCUT2D eigenvalue weighted by molar-refractivity contribution is 5.94. The maximum absolute atomic E-state index is 12.8. The van der Waals surface area contributed by atoms with Crippen LogP contribution in [-0.4, -0.2) is 51.3 Å². The van der Waals surface area contributed by atoms with Gasteiger partial charge >= 0.3 is 5.97 Å². The summed E-state index contributed by atoms with van der Waals surface area (Å²) in [7, 11) is 1.62. The van der Waals surface area contributed by atoms with Crippen molar-refractivity contribution in [2.45, 2.75) is 45.3 Å². The van der Waals surface area contributed by atoms with E-state index in [1.807, 2.05) is 38.1 Å². The molecule has 0 radical (unpaired) electrons. The van der Waals surface area contributed by atoms with Crippen LogP contribution in [0.15, 0.2) is 42.7 Å². The summed E-state index contributed by atoms with van der Waals surface area (Å²) in [5.74, 6) is 0.0000631. The van der Waals surface area contributed by atoms with Gasteiger partial charge in [0, 0.05) is 30.2 Å². The molecule has 31 heavy (non-hydrogen) atoms. The first kappa shape index (κ1) is 20.8. The van der Waals surface area contributed by atoms with Crippen LogP contribution in [0.3, 0.4) is 0 Å². The number of benzene rings is 1. The Morgan fingerprint density at radius 2 is 1.94 bits per heavy atom. The number of carbonyl (C=O) groups excluding carboxylic acids is 2. The topological polar surface area (TPSA) is 86.5 Å². The van der Waals surface area contributed by atoms with Gasteiger partial charge in [-0.2, -0.15) is 5.10 Å². The van der Waals surface area contributed by atoms with Crippen LogP contribution in [0.25, 0.3) is 11.0 Å². The fourth-order valence-corrected chi connectivity index (χ4v) is 3.46. The lowest BCUT2D eigenvalue weighted by atomic mass is 10.2. The highest BCUT2D eigenvalue weighted by Crippen LogP contribution is 2.29. The molecule has 1 aliphatic rings. The fraction of sp³-hybridized carbons (Fsp3) is 0.391. The van der Waals surface area contributed by atoms with Crippen molar-refractivity contribution in [3.05, 3.63) is 53.9 Å². The van der Waals surface area contributed by atoms with Gasteiger partial charge in [0.2, 0.25) is 0 Å². The van der Waals surface area contributed by atoms with Crippen molar-refractivity contribution in [1.82, 2.24) is 19.7 Å². The van der Waals surface area contributed by atoms with E-state index in [2.05, 4.69) is 10.1 Å². The zero-order valence-corrected chi connectivity index (χ0v) is 17.9. The second-order valence-electron chi connectivity index (χ2n) is 8.00. The summed E-state index contributed by atoms with van der Waals surface area (Å²) in [6.45, 7) is 4.21. The van der Waals surface area contributed by atoms with E-state index in [1.165, 1.54) is 6.20 Å². The van der Waals surface area contributed by atoms with E-state index in [0.29, 0.717) is 17.8 Å². The Balaban J connectivity index is 1.39. The van der Waals surface area contributed by atoms with Crippen molar-refractivity contribution in [2.24, 2.45) is 0 Å². The number of aromatic nitrogens is 3. The number of ether oxygens (including phenoxy) is 2. The van der Waals surface area contributed by atoms with Crippen molar-refractivity contribution in [3.63, 3.8) is 0 Å². The molecule has 4 rings (SSSR count). The van der Waals surface area contributed by atoms with Gasteiger partial charge in [-0.1, -0.05) is 12.1 Å². The standard InChI is InChI=1S/C23H26N4O4/c1-15(2)27-22-17(12-25-27)10-18(11-24-22)23(29)31-14-21(28)26(19-6-7-19)13-16-4-8-20(30-3)9-5-16/h4-5,8-12,15,19H,6-7,13-14H2,1-3H3. The Morgan fingerprint density at radius 3 is 2.58 bits per heavy atom. The lowest BCUT2D eigenvalue weighted by molar-refractivity contribution is -0.135. The summed E-state index contributed by atoms with van der Waals surface area (Å²) in [4.78, 5) is 31.4. The number of pyridine rings is 1. The monoisotopic (exact) mass is 422 g/mol. The normalized spacial score (nSPS) is 13.4. The summed E-state index contributed by atoms with van der Waals surface area (Å²) >= 11 is 0. The first-order valence-corrected chi connectivity index (χ1v) is 10.4. The number of hydrogen-bond acceptors (Lipinski definition) is 6. The van der Waals surface area contributed by atoms with Crippen LogP contribution in [0.4, 0.5) is 0 Å². The lowest BCUT2D eigenvalue weighted by Gasteiger charge is -2.22. The highest BCUT2D eigenvalue weighted by atomic mass is 16.5. The minimum Gasteiger partial charge on any atom is -0.497 e. The van der Waals surface area contributed by atoms with Crippen molar-refractivity contribution >= 4 is 22.9 Å². The van der Waals surface area contributed by atoms with Gasteiger partial charge in [-0.15, -0.1) is 0 Å². The minimum atomic E-state index is -0.569. The molecule has 0 spiro atoms. The van der Waals surface area contributed by atoms with Gasteiger partial charge in [0.1, 0.15) is 5.75 Å². The van der Waals surface area contributed by atoms with Crippen LogP contribution in [0.5, 0.6) is 5.75 Å². The van der Waals surface area contributed by atoms with Gasteiger partial charge < -0.3 is 14.4 Å².